The lowest BCUT2D eigenvalue weighted by atomic mass is 10.2. The number of hydrogen-bond donors (Lipinski definition) is 2. The third-order valence-corrected chi connectivity index (χ3v) is 1.97. The van der Waals surface area contributed by atoms with Gasteiger partial charge in [0, 0.05) is 6.07 Å². The Kier molecular flexibility index (Phi) is 2.28. The normalized spacial score (nSPS) is 10.3. The molecule has 0 aliphatic rings. The number of nitrogens with two attached hydrogens (primary N) is 2. The van der Waals surface area contributed by atoms with Crippen molar-refractivity contribution in [2.75, 3.05) is 18.6 Å². The van der Waals surface area contributed by atoms with Gasteiger partial charge in [-0.2, -0.15) is 0 Å². The van der Waals surface area contributed by atoms with Gasteiger partial charge in [0.05, 0.1) is 7.11 Å². The van der Waals surface area contributed by atoms with Crippen molar-refractivity contribution in [1.82, 2.24) is 5.16 Å². The van der Waals surface area contributed by atoms with Crippen LogP contribution in [-0.4, -0.2) is 18.2 Å². The average molecular weight is 223 g/mol. The van der Waals surface area contributed by atoms with Crippen LogP contribution < -0.4 is 11.5 Å². The highest BCUT2D eigenvalue weighted by Gasteiger charge is 2.24. The third-order valence-electron chi connectivity index (χ3n) is 1.97. The standard InChI is InChI=1S/C9H9N3O4/c1-14-9(13)6-7(12-16-8(6)11)4-2-3-5(10)15-4/h2-3H,10-11H2,1H3. The van der Waals surface area contributed by atoms with Crippen LogP contribution in [0.3, 0.4) is 0 Å². The molecule has 0 aromatic carbocycles. The Labute approximate surface area is 89.9 Å². The van der Waals surface area contributed by atoms with E-state index in [9.17, 15) is 4.79 Å². The molecule has 0 unspecified atom stereocenters. The average Bonchev–Trinajstić information content (AvgIpc) is 2.83. The molecule has 84 valence electrons. The number of ether oxygens (including phenoxy) is 1. The summed E-state index contributed by atoms with van der Waals surface area (Å²) in [7, 11) is 1.23. The van der Waals surface area contributed by atoms with Crippen LogP contribution in [-0.2, 0) is 4.74 Å². The second kappa shape index (κ2) is 3.61. The Bertz CT molecular complexity index is 529. The molecule has 0 aliphatic carbocycles. The first-order valence-corrected chi connectivity index (χ1v) is 4.32. The van der Waals surface area contributed by atoms with E-state index < -0.39 is 5.97 Å². The van der Waals surface area contributed by atoms with Crippen molar-refractivity contribution in [1.29, 1.82) is 0 Å². The van der Waals surface area contributed by atoms with E-state index in [-0.39, 0.29) is 23.0 Å². The summed E-state index contributed by atoms with van der Waals surface area (Å²) in [5, 5.41) is 3.62. The summed E-state index contributed by atoms with van der Waals surface area (Å²) in [6.07, 6.45) is 0. The van der Waals surface area contributed by atoms with E-state index >= 15 is 0 Å². The lowest BCUT2D eigenvalue weighted by molar-refractivity contribution is 0.0602. The molecule has 2 rings (SSSR count). The van der Waals surface area contributed by atoms with Crippen LogP contribution in [0, 0.1) is 0 Å². The number of anilines is 2. The Balaban J connectivity index is 2.53. The van der Waals surface area contributed by atoms with Crippen LogP contribution in [0.4, 0.5) is 11.8 Å². The molecule has 7 nitrogen and oxygen atoms in total. The summed E-state index contributed by atoms with van der Waals surface area (Å²) >= 11 is 0. The molecule has 0 atom stereocenters. The molecule has 0 saturated carbocycles. The summed E-state index contributed by atoms with van der Waals surface area (Å²) in [6.45, 7) is 0. The summed E-state index contributed by atoms with van der Waals surface area (Å²) in [5.41, 5.74) is 11.1. The smallest absolute Gasteiger partial charge is 0.345 e. The lowest BCUT2D eigenvalue weighted by Gasteiger charge is -1.97. The molecule has 0 aliphatic heterocycles. The Morgan fingerprint density at radius 2 is 2.19 bits per heavy atom. The fourth-order valence-corrected chi connectivity index (χ4v) is 1.25. The van der Waals surface area contributed by atoms with Gasteiger partial charge < -0.3 is 25.1 Å². The SMILES string of the molecule is COC(=O)c1c(-c2ccc(N)o2)noc1N. The topological polar surface area (TPSA) is 118 Å². The van der Waals surface area contributed by atoms with Crippen molar-refractivity contribution in [3.8, 4) is 11.5 Å². The summed E-state index contributed by atoms with van der Waals surface area (Å²) < 4.78 is 14.4. The highest BCUT2D eigenvalue weighted by Crippen LogP contribution is 2.29. The zero-order valence-corrected chi connectivity index (χ0v) is 8.39. The van der Waals surface area contributed by atoms with Crippen molar-refractivity contribution in [2.45, 2.75) is 0 Å². The van der Waals surface area contributed by atoms with Gasteiger partial charge >= 0.3 is 5.97 Å². The van der Waals surface area contributed by atoms with Crippen molar-refractivity contribution in [3.05, 3.63) is 17.7 Å². The Morgan fingerprint density at radius 3 is 2.75 bits per heavy atom. The van der Waals surface area contributed by atoms with Crippen molar-refractivity contribution < 1.29 is 18.5 Å². The van der Waals surface area contributed by atoms with Gasteiger partial charge in [0.2, 0.25) is 5.88 Å². The number of hydrogen-bond acceptors (Lipinski definition) is 7. The first-order chi connectivity index (χ1) is 7.63. The van der Waals surface area contributed by atoms with Gasteiger partial charge in [-0.25, -0.2) is 4.79 Å². The minimum atomic E-state index is -0.649. The molecular formula is C9H9N3O4. The van der Waals surface area contributed by atoms with Gasteiger partial charge in [-0.15, -0.1) is 0 Å². The van der Waals surface area contributed by atoms with E-state index in [1.54, 1.807) is 6.07 Å². The molecule has 0 saturated heterocycles. The van der Waals surface area contributed by atoms with Gasteiger partial charge in [-0.05, 0) is 6.07 Å². The number of rotatable bonds is 2. The molecule has 4 N–H and O–H groups in total. The molecule has 7 heteroatoms. The Hall–Kier alpha value is -2.44. The van der Waals surface area contributed by atoms with Crippen molar-refractivity contribution in [2.24, 2.45) is 0 Å². The molecule has 2 aromatic heterocycles. The molecule has 0 amide bonds. The summed E-state index contributed by atoms with van der Waals surface area (Å²) in [4.78, 5) is 11.4. The summed E-state index contributed by atoms with van der Waals surface area (Å²) in [6, 6.07) is 3.08. The number of carbonyl (C=O) groups is 1. The third kappa shape index (κ3) is 1.48. The van der Waals surface area contributed by atoms with Crippen LogP contribution >= 0.6 is 0 Å². The molecule has 2 heterocycles. The molecule has 2 aromatic rings. The molecule has 0 spiro atoms. The largest absolute Gasteiger partial charge is 0.465 e. The van der Waals surface area contributed by atoms with Crippen LogP contribution in [0.15, 0.2) is 21.1 Å². The number of aromatic nitrogens is 1. The maximum Gasteiger partial charge on any atom is 0.345 e. The van der Waals surface area contributed by atoms with Crippen molar-refractivity contribution in [3.63, 3.8) is 0 Å². The second-order valence-corrected chi connectivity index (χ2v) is 2.96. The second-order valence-electron chi connectivity index (χ2n) is 2.96. The van der Waals surface area contributed by atoms with E-state index in [0.29, 0.717) is 5.76 Å². The predicted octanol–water partition coefficient (Wildman–Crippen LogP) is 0.886. The van der Waals surface area contributed by atoms with E-state index in [0.717, 1.165) is 0 Å². The highest BCUT2D eigenvalue weighted by molar-refractivity contribution is 5.99. The monoisotopic (exact) mass is 223 g/mol. The number of esters is 1. The van der Waals surface area contributed by atoms with E-state index in [1.165, 1.54) is 13.2 Å². The van der Waals surface area contributed by atoms with E-state index in [1.807, 2.05) is 0 Å². The van der Waals surface area contributed by atoms with Gasteiger partial charge in [0.15, 0.2) is 22.9 Å². The highest BCUT2D eigenvalue weighted by atomic mass is 16.5. The minimum absolute atomic E-state index is 0.0249. The molecular weight excluding hydrogens is 214 g/mol. The van der Waals surface area contributed by atoms with Gasteiger partial charge in [0.1, 0.15) is 0 Å². The molecule has 0 radical (unpaired) electrons. The zero-order chi connectivity index (χ0) is 11.7. The maximum absolute atomic E-state index is 11.4. The minimum Gasteiger partial charge on any atom is -0.465 e. The number of nitrogens with zero attached hydrogens (tertiary/aromatic N) is 1. The van der Waals surface area contributed by atoms with Crippen LogP contribution in [0.1, 0.15) is 10.4 Å². The van der Waals surface area contributed by atoms with Crippen LogP contribution in [0.5, 0.6) is 0 Å². The fourth-order valence-electron chi connectivity index (χ4n) is 1.25. The summed E-state index contributed by atoms with van der Waals surface area (Å²) in [5.74, 6) is -0.286. The van der Waals surface area contributed by atoms with Crippen LogP contribution in [0.25, 0.3) is 11.5 Å². The Morgan fingerprint density at radius 1 is 1.44 bits per heavy atom. The van der Waals surface area contributed by atoms with Gasteiger partial charge in [-0.3, -0.25) is 0 Å². The first kappa shape index (κ1) is 10.1. The maximum atomic E-state index is 11.4. The van der Waals surface area contributed by atoms with Gasteiger partial charge in [0.25, 0.3) is 0 Å². The van der Waals surface area contributed by atoms with Crippen LogP contribution in [0.2, 0.25) is 0 Å². The quantitative estimate of drug-likeness (QED) is 0.725. The van der Waals surface area contributed by atoms with E-state index in [4.69, 9.17) is 20.4 Å². The fraction of sp³-hybridized carbons (Fsp3) is 0.111. The number of nitrogen functional groups attached to an aromatic ring is 2. The number of carbonyl (C=O) groups excluding carboxylic acids is 1. The molecule has 0 bridgehead atoms. The number of furan rings is 1. The van der Waals surface area contributed by atoms with E-state index in [2.05, 4.69) is 9.89 Å². The first-order valence-electron chi connectivity index (χ1n) is 4.32. The number of methoxy groups -OCH3 is 1. The van der Waals surface area contributed by atoms with Crippen molar-refractivity contribution >= 4 is 17.7 Å². The lowest BCUT2D eigenvalue weighted by Crippen LogP contribution is -2.04. The molecule has 0 fully saturated rings. The molecule has 16 heavy (non-hydrogen) atoms. The predicted molar refractivity (Wildman–Crippen MR) is 54.4 cm³/mol. The zero-order valence-electron chi connectivity index (χ0n) is 8.39. The van der Waals surface area contributed by atoms with Gasteiger partial charge in [-0.1, -0.05) is 5.16 Å².